The predicted octanol–water partition coefficient (Wildman–Crippen LogP) is 4.18. The zero-order valence-corrected chi connectivity index (χ0v) is 12.3. The number of rotatable bonds is 3. The molecule has 2 atom stereocenters. The maximum atomic E-state index is 5.52. The van der Waals surface area contributed by atoms with Crippen LogP contribution in [0.15, 0.2) is 28.7 Å². The van der Waals surface area contributed by atoms with E-state index in [1.54, 1.807) is 0 Å². The highest BCUT2D eigenvalue weighted by Gasteiger charge is 2.21. The molecule has 1 saturated heterocycles. The van der Waals surface area contributed by atoms with Gasteiger partial charge in [-0.25, -0.2) is 0 Å². The molecule has 88 valence electrons. The van der Waals surface area contributed by atoms with Gasteiger partial charge in [-0.15, -0.1) is 0 Å². The monoisotopic (exact) mass is 346 g/mol. The summed E-state index contributed by atoms with van der Waals surface area (Å²) in [5.74, 6) is 0.664. The molecule has 1 aromatic carbocycles. The molecular weight excluding hydrogens is 332 g/mol. The van der Waals surface area contributed by atoms with Crippen LogP contribution in [0.2, 0.25) is 0 Å². The van der Waals surface area contributed by atoms with Crippen molar-refractivity contribution < 1.29 is 4.74 Å². The molecule has 0 N–H and O–H groups in total. The second-order valence-corrected chi connectivity index (χ2v) is 6.42. The molecule has 2 rings (SSSR count). The van der Waals surface area contributed by atoms with E-state index in [-0.39, 0.29) is 0 Å². The molecule has 0 amide bonds. The molecule has 1 aliphatic heterocycles. The molecule has 1 fully saturated rings. The lowest BCUT2D eigenvalue weighted by molar-refractivity contribution is 0.0547. The van der Waals surface area contributed by atoms with Crippen LogP contribution in [-0.4, -0.2) is 18.0 Å². The summed E-state index contributed by atoms with van der Waals surface area (Å²) in [6, 6.07) is 8.57. The summed E-state index contributed by atoms with van der Waals surface area (Å²) >= 11 is 7.26. The Morgan fingerprint density at radius 3 is 2.69 bits per heavy atom. The smallest absolute Gasteiger partial charge is 0.0505 e. The lowest BCUT2D eigenvalue weighted by Crippen LogP contribution is -2.26. The summed E-state index contributed by atoms with van der Waals surface area (Å²) in [6.07, 6.45) is 3.57. The van der Waals surface area contributed by atoms with Gasteiger partial charge in [-0.1, -0.05) is 44.0 Å². The molecule has 0 spiro atoms. The van der Waals surface area contributed by atoms with Crippen LogP contribution >= 0.6 is 31.9 Å². The van der Waals surface area contributed by atoms with Gasteiger partial charge in [0, 0.05) is 15.9 Å². The third kappa shape index (κ3) is 3.57. The average Bonchev–Trinajstić information content (AvgIpc) is 2.33. The van der Waals surface area contributed by atoms with Crippen LogP contribution in [0.5, 0.6) is 0 Å². The molecule has 0 saturated carbocycles. The molecule has 1 nitrogen and oxygen atoms in total. The fraction of sp³-hybridized carbons (Fsp3) is 0.538. The van der Waals surface area contributed by atoms with Crippen molar-refractivity contribution in [2.45, 2.75) is 24.1 Å². The molecule has 1 aromatic rings. The summed E-state index contributed by atoms with van der Waals surface area (Å²) < 4.78 is 6.66. The van der Waals surface area contributed by atoms with Gasteiger partial charge in [0.25, 0.3) is 0 Å². The number of ether oxygens (including phenoxy) is 1. The second kappa shape index (κ2) is 6.18. The molecule has 0 aliphatic carbocycles. The minimum Gasteiger partial charge on any atom is -0.381 e. The SMILES string of the molecule is Brc1ccc(CC(Br)C2CCCOC2)cc1. The second-order valence-electron chi connectivity index (χ2n) is 4.32. The molecule has 1 aliphatic rings. The average molecular weight is 348 g/mol. The molecule has 0 bridgehead atoms. The van der Waals surface area contributed by atoms with Crippen molar-refractivity contribution in [1.29, 1.82) is 0 Å². The van der Waals surface area contributed by atoms with Gasteiger partial charge in [-0.3, -0.25) is 0 Å². The number of hydrogen-bond donors (Lipinski definition) is 0. The number of alkyl halides is 1. The van der Waals surface area contributed by atoms with Crippen molar-refractivity contribution in [3.63, 3.8) is 0 Å². The fourth-order valence-electron chi connectivity index (χ4n) is 2.06. The van der Waals surface area contributed by atoms with Crippen LogP contribution < -0.4 is 0 Å². The third-order valence-electron chi connectivity index (χ3n) is 3.05. The largest absolute Gasteiger partial charge is 0.381 e. The highest BCUT2D eigenvalue weighted by Crippen LogP contribution is 2.26. The predicted molar refractivity (Wildman–Crippen MR) is 74.1 cm³/mol. The zero-order chi connectivity index (χ0) is 11.4. The molecule has 0 aromatic heterocycles. The van der Waals surface area contributed by atoms with Gasteiger partial charge in [0.1, 0.15) is 0 Å². The lowest BCUT2D eigenvalue weighted by Gasteiger charge is -2.26. The van der Waals surface area contributed by atoms with Crippen LogP contribution in [0.4, 0.5) is 0 Å². The van der Waals surface area contributed by atoms with Crippen LogP contribution in [-0.2, 0) is 11.2 Å². The van der Waals surface area contributed by atoms with Crippen molar-refractivity contribution in [3.8, 4) is 0 Å². The number of hydrogen-bond acceptors (Lipinski definition) is 1. The van der Waals surface area contributed by atoms with E-state index in [1.165, 1.54) is 18.4 Å². The Bertz CT molecular complexity index is 317. The molecule has 0 radical (unpaired) electrons. The maximum absolute atomic E-state index is 5.52. The van der Waals surface area contributed by atoms with E-state index in [2.05, 4.69) is 56.1 Å². The lowest BCUT2D eigenvalue weighted by atomic mass is 9.94. The number of halogens is 2. The van der Waals surface area contributed by atoms with Crippen molar-refractivity contribution in [2.24, 2.45) is 5.92 Å². The van der Waals surface area contributed by atoms with Crippen molar-refractivity contribution >= 4 is 31.9 Å². The minimum absolute atomic E-state index is 0.536. The van der Waals surface area contributed by atoms with Gasteiger partial charge in [0.2, 0.25) is 0 Å². The third-order valence-corrected chi connectivity index (χ3v) is 4.65. The Morgan fingerprint density at radius 1 is 1.31 bits per heavy atom. The van der Waals surface area contributed by atoms with Gasteiger partial charge >= 0.3 is 0 Å². The fourth-order valence-corrected chi connectivity index (χ4v) is 3.12. The highest BCUT2D eigenvalue weighted by molar-refractivity contribution is 9.10. The minimum atomic E-state index is 0.536. The van der Waals surface area contributed by atoms with Crippen molar-refractivity contribution in [1.82, 2.24) is 0 Å². The first-order valence-corrected chi connectivity index (χ1v) is 7.43. The van der Waals surface area contributed by atoms with Crippen LogP contribution in [0, 0.1) is 5.92 Å². The van der Waals surface area contributed by atoms with Gasteiger partial charge in [-0.2, -0.15) is 0 Å². The van der Waals surface area contributed by atoms with E-state index < -0.39 is 0 Å². The first-order chi connectivity index (χ1) is 7.75. The maximum Gasteiger partial charge on any atom is 0.0505 e. The molecule has 16 heavy (non-hydrogen) atoms. The molecular formula is C13H16Br2O. The van der Waals surface area contributed by atoms with E-state index in [0.29, 0.717) is 10.7 Å². The summed E-state index contributed by atoms with van der Waals surface area (Å²) in [5, 5.41) is 0. The van der Waals surface area contributed by atoms with E-state index in [0.717, 1.165) is 24.1 Å². The van der Waals surface area contributed by atoms with E-state index in [1.807, 2.05) is 0 Å². The van der Waals surface area contributed by atoms with Gasteiger partial charge in [-0.05, 0) is 42.9 Å². The summed E-state index contributed by atoms with van der Waals surface area (Å²) in [5.41, 5.74) is 1.38. The van der Waals surface area contributed by atoms with Crippen molar-refractivity contribution in [2.75, 3.05) is 13.2 Å². The number of benzene rings is 1. The molecule has 2 unspecified atom stereocenters. The van der Waals surface area contributed by atoms with Crippen LogP contribution in [0.1, 0.15) is 18.4 Å². The first kappa shape index (κ1) is 12.6. The summed E-state index contributed by atoms with van der Waals surface area (Å²) in [6.45, 7) is 1.85. The van der Waals surface area contributed by atoms with E-state index in [9.17, 15) is 0 Å². The quantitative estimate of drug-likeness (QED) is 0.745. The topological polar surface area (TPSA) is 9.23 Å². The molecule has 3 heteroatoms. The van der Waals surface area contributed by atoms with Crippen LogP contribution in [0.3, 0.4) is 0 Å². The summed E-state index contributed by atoms with van der Waals surface area (Å²) in [4.78, 5) is 0.536. The van der Waals surface area contributed by atoms with E-state index in [4.69, 9.17) is 4.74 Å². The Labute approximate surface area is 114 Å². The molecule has 1 heterocycles. The Balaban J connectivity index is 1.90. The Hall–Kier alpha value is 0.140. The van der Waals surface area contributed by atoms with Gasteiger partial charge in [0.05, 0.1) is 6.61 Å². The summed E-state index contributed by atoms with van der Waals surface area (Å²) in [7, 11) is 0. The Morgan fingerprint density at radius 2 is 2.06 bits per heavy atom. The van der Waals surface area contributed by atoms with Crippen LogP contribution in [0.25, 0.3) is 0 Å². The normalized spacial score (nSPS) is 23.0. The highest BCUT2D eigenvalue weighted by atomic mass is 79.9. The van der Waals surface area contributed by atoms with Gasteiger partial charge < -0.3 is 4.74 Å². The van der Waals surface area contributed by atoms with E-state index >= 15 is 0 Å². The first-order valence-electron chi connectivity index (χ1n) is 5.72. The zero-order valence-electron chi connectivity index (χ0n) is 9.16. The van der Waals surface area contributed by atoms with Gasteiger partial charge in [0.15, 0.2) is 0 Å². The Kier molecular flexibility index (Phi) is 4.86. The standard InChI is InChI=1S/C13H16Br2O/c14-12-5-3-10(4-6-12)8-13(15)11-2-1-7-16-9-11/h3-6,11,13H,1-2,7-9H2. The van der Waals surface area contributed by atoms with Crippen molar-refractivity contribution in [3.05, 3.63) is 34.3 Å².